The number of aromatic nitrogens is 8. The molecule has 0 bridgehead atoms. The number of carbonyl (C=O) groups is 1. The summed E-state index contributed by atoms with van der Waals surface area (Å²) in [6, 6.07) is 30.7. The Labute approximate surface area is 308 Å². The maximum absolute atomic E-state index is 12.2. The number of hydrogen-bond donors (Lipinski definition) is 3. The van der Waals surface area contributed by atoms with Crippen molar-refractivity contribution >= 4 is 6.09 Å². The minimum absolute atomic E-state index is 0.0156. The van der Waals surface area contributed by atoms with Crippen LogP contribution >= 0.6 is 0 Å². The SMILES string of the molecule is N#CC1CCCC1N.NC1CCCC1c1nnc(-c2ccccc2)nn1.O=C(NC1CCCC1c1nnc(-c2ccccc2)nn1)Oc1ccccc1. The highest BCUT2D eigenvalue weighted by Crippen LogP contribution is 2.33. The molecule has 2 aromatic heterocycles. The van der Waals surface area contributed by atoms with Gasteiger partial charge in [-0.15, -0.1) is 40.8 Å². The van der Waals surface area contributed by atoms with Crippen LogP contribution in [0.25, 0.3) is 22.8 Å². The zero-order chi connectivity index (χ0) is 36.8. The molecule has 0 aliphatic heterocycles. The number of benzene rings is 3. The third kappa shape index (κ3) is 10.2. The van der Waals surface area contributed by atoms with Crippen molar-refractivity contribution in [1.82, 2.24) is 46.1 Å². The van der Waals surface area contributed by atoms with E-state index in [0.29, 0.717) is 29.0 Å². The second-order valence-electron chi connectivity index (χ2n) is 13.4. The van der Waals surface area contributed by atoms with Crippen LogP contribution in [0.5, 0.6) is 5.75 Å². The molecule has 0 radical (unpaired) electrons. The predicted octanol–water partition coefficient (Wildman–Crippen LogP) is 5.52. The van der Waals surface area contributed by atoms with Crippen molar-refractivity contribution in [3.63, 3.8) is 0 Å². The van der Waals surface area contributed by atoms with Gasteiger partial charge in [0.15, 0.2) is 11.6 Å². The Balaban J connectivity index is 0.000000158. The van der Waals surface area contributed by atoms with Crippen LogP contribution in [0.3, 0.4) is 0 Å². The third-order valence-electron chi connectivity index (χ3n) is 9.79. The molecule has 0 spiro atoms. The first-order valence-corrected chi connectivity index (χ1v) is 18.2. The highest BCUT2D eigenvalue weighted by atomic mass is 16.6. The third-order valence-corrected chi connectivity index (χ3v) is 9.79. The van der Waals surface area contributed by atoms with Crippen molar-refractivity contribution in [3.8, 4) is 34.6 Å². The van der Waals surface area contributed by atoms with Crippen LogP contribution in [-0.2, 0) is 0 Å². The van der Waals surface area contributed by atoms with Crippen molar-refractivity contribution in [2.45, 2.75) is 87.7 Å². The van der Waals surface area contributed by atoms with Gasteiger partial charge < -0.3 is 21.5 Å². The summed E-state index contributed by atoms with van der Waals surface area (Å²) in [7, 11) is 0. The highest BCUT2D eigenvalue weighted by molar-refractivity contribution is 5.70. The number of nitriles is 1. The summed E-state index contributed by atoms with van der Waals surface area (Å²) >= 11 is 0. The molecule has 53 heavy (non-hydrogen) atoms. The predicted molar refractivity (Wildman–Crippen MR) is 198 cm³/mol. The molecule has 272 valence electrons. The van der Waals surface area contributed by atoms with Gasteiger partial charge in [0, 0.05) is 41.1 Å². The summed E-state index contributed by atoms with van der Waals surface area (Å²) < 4.78 is 5.32. The molecule has 6 unspecified atom stereocenters. The van der Waals surface area contributed by atoms with E-state index in [9.17, 15) is 4.79 Å². The van der Waals surface area contributed by atoms with Crippen molar-refractivity contribution in [3.05, 3.63) is 103 Å². The average molecular weight is 713 g/mol. The van der Waals surface area contributed by atoms with E-state index < -0.39 is 6.09 Å². The van der Waals surface area contributed by atoms with Crippen LogP contribution in [0.1, 0.15) is 81.3 Å². The Hall–Kier alpha value is -5.78. The van der Waals surface area contributed by atoms with E-state index in [0.717, 1.165) is 68.9 Å². The molecule has 8 rings (SSSR count). The molecule has 3 saturated carbocycles. The lowest BCUT2D eigenvalue weighted by molar-refractivity contribution is 0.194. The Morgan fingerprint density at radius 1 is 0.604 bits per heavy atom. The maximum Gasteiger partial charge on any atom is 0.412 e. The van der Waals surface area contributed by atoms with Crippen LogP contribution in [0.4, 0.5) is 4.79 Å². The number of nitrogens with zero attached hydrogens (tertiary/aromatic N) is 9. The lowest BCUT2D eigenvalue weighted by Crippen LogP contribution is -2.38. The maximum atomic E-state index is 12.2. The first kappa shape index (κ1) is 37.0. The first-order chi connectivity index (χ1) is 26.0. The van der Waals surface area contributed by atoms with Gasteiger partial charge in [-0.1, -0.05) is 98.1 Å². The molecule has 5 N–H and O–H groups in total. The molecule has 5 aromatic rings. The molecule has 3 aliphatic rings. The standard InChI is InChI=1S/C20H19N5O2.C13H15N5.C6H10N2/c26-20(27-15-10-5-2-6-11-15)21-17-13-7-12-16(17)19-24-22-18(23-25-19)14-8-3-1-4-9-14;14-11-8-4-7-10(11)13-17-15-12(16-18-13)9-5-2-1-3-6-9;7-4-5-2-1-3-6(5)8/h1-6,8-11,16-17H,7,12-13H2,(H,21,26);1-3,5-6,10-11H,4,7-8,14H2;5-6H,1-3,8H2. The van der Waals surface area contributed by atoms with Gasteiger partial charge in [-0.05, 0) is 50.7 Å². The molecular weight excluding hydrogens is 669 g/mol. The van der Waals surface area contributed by atoms with Gasteiger partial charge in [-0.3, -0.25) is 0 Å². The van der Waals surface area contributed by atoms with E-state index >= 15 is 0 Å². The summed E-state index contributed by atoms with van der Waals surface area (Å²) in [6.07, 6.45) is 8.63. The second-order valence-corrected chi connectivity index (χ2v) is 13.4. The lowest BCUT2D eigenvalue weighted by atomic mass is 10.0. The minimum atomic E-state index is -0.472. The number of nitrogens with one attached hydrogen (secondary N) is 1. The summed E-state index contributed by atoms with van der Waals surface area (Å²) in [6.45, 7) is 0. The average Bonchev–Trinajstić information content (AvgIpc) is 3.97. The van der Waals surface area contributed by atoms with Crippen molar-refractivity contribution in [2.24, 2.45) is 17.4 Å². The van der Waals surface area contributed by atoms with Gasteiger partial charge in [-0.25, -0.2) is 4.79 Å². The lowest BCUT2D eigenvalue weighted by Gasteiger charge is -2.18. The van der Waals surface area contributed by atoms with Crippen LogP contribution in [0.2, 0.25) is 0 Å². The van der Waals surface area contributed by atoms with Gasteiger partial charge in [-0.2, -0.15) is 5.26 Å². The minimum Gasteiger partial charge on any atom is -0.410 e. The van der Waals surface area contributed by atoms with Crippen molar-refractivity contribution in [2.75, 3.05) is 0 Å². The molecule has 14 nitrogen and oxygen atoms in total. The number of amides is 1. The fourth-order valence-electron chi connectivity index (χ4n) is 6.85. The zero-order valence-electron chi connectivity index (χ0n) is 29.5. The van der Waals surface area contributed by atoms with E-state index in [4.69, 9.17) is 21.5 Å². The molecule has 2 heterocycles. The fourth-order valence-corrected chi connectivity index (χ4v) is 6.85. The molecule has 3 fully saturated rings. The van der Waals surface area contributed by atoms with Crippen molar-refractivity contribution in [1.29, 1.82) is 5.26 Å². The molecule has 1 amide bonds. The van der Waals surface area contributed by atoms with E-state index in [-0.39, 0.29) is 35.9 Å². The van der Waals surface area contributed by atoms with Crippen LogP contribution < -0.4 is 21.5 Å². The van der Waals surface area contributed by atoms with Gasteiger partial charge in [0.25, 0.3) is 0 Å². The molecule has 3 aromatic carbocycles. The quantitative estimate of drug-likeness (QED) is 0.198. The summed E-state index contributed by atoms with van der Waals surface area (Å²) in [5.41, 5.74) is 13.4. The van der Waals surface area contributed by atoms with Crippen molar-refractivity contribution < 1.29 is 9.53 Å². The number of ether oxygens (including phenoxy) is 1. The molecule has 3 aliphatic carbocycles. The van der Waals surface area contributed by atoms with Gasteiger partial charge in [0.05, 0.1) is 12.0 Å². The Morgan fingerprint density at radius 3 is 1.55 bits per heavy atom. The zero-order valence-corrected chi connectivity index (χ0v) is 29.5. The van der Waals surface area contributed by atoms with Gasteiger partial charge >= 0.3 is 6.09 Å². The van der Waals surface area contributed by atoms with E-state index in [1.807, 2.05) is 78.9 Å². The molecule has 6 atom stereocenters. The van der Waals surface area contributed by atoms with Gasteiger partial charge in [0.2, 0.25) is 11.6 Å². The number of nitrogens with two attached hydrogens (primary N) is 2. The topological polar surface area (TPSA) is 217 Å². The molecule has 14 heteroatoms. The number of para-hydroxylation sites is 1. The van der Waals surface area contributed by atoms with E-state index in [1.54, 1.807) is 12.1 Å². The second kappa shape index (κ2) is 18.6. The normalized spacial score (nSPS) is 23.0. The largest absolute Gasteiger partial charge is 0.412 e. The highest BCUT2D eigenvalue weighted by Gasteiger charge is 2.33. The number of carbonyl (C=O) groups excluding carboxylic acids is 1. The van der Waals surface area contributed by atoms with Crippen LogP contribution in [-0.4, -0.2) is 65.0 Å². The molecule has 0 saturated heterocycles. The monoisotopic (exact) mass is 712 g/mol. The number of rotatable bonds is 6. The summed E-state index contributed by atoms with van der Waals surface area (Å²) in [4.78, 5) is 12.2. The smallest absolute Gasteiger partial charge is 0.410 e. The Bertz CT molecular complexity index is 1900. The molecular formula is C39H44N12O2. The number of hydrogen-bond acceptors (Lipinski definition) is 13. The summed E-state index contributed by atoms with van der Waals surface area (Å²) in [5.74, 6) is 3.15. The van der Waals surface area contributed by atoms with E-state index in [1.165, 1.54) is 0 Å². The fraction of sp³-hybridized carbons (Fsp3) is 0.385. The van der Waals surface area contributed by atoms with Crippen LogP contribution in [0, 0.1) is 17.2 Å². The Kier molecular flexibility index (Phi) is 13.0. The van der Waals surface area contributed by atoms with E-state index in [2.05, 4.69) is 52.2 Å². The van der Waals surface area contributed by atoms with Gasteiger partial charge in [0.1, 0.15) is 5.75 Å². The van der Waals surface area contributed by atoms with Crippen LogP contribution in [0.15, 0.2) is 91.0 Å². The first-order valence-electron chi connectivity index (χ1n) is 18.2. The summed E-state index contributed by atoms with van der Waals surface area (Å²) in [5, 5.41) is 44.9. The Morgan fingerprint density at radius 2 is 1.08 bits per heavy atom.